The van der Waals surface area contributed by atoms with Crippen molar-refractivity contribution in [1.82, 2.24) is 10.2 Å². The molecular formula is C20H22ClFN4. The smallest absolute Gasteiger partial charge is 0.127 e. The summed E-state index contributed by atoms with van der Waals surface area (Å²) in [5.41, 5.74) is 1.78. The minimum Gasteiger partial charge on any atom is -0.363 e. The molecular weight excluding hydrogens is 351 g/mol. The van der Waals surface area contributed by atoms with Crippen molar-refractivity contribution in [2.75, 3.05) is 18.4 Å². The topological polar surface area (TPSA) is 39.7 Å². The normalized spacial score (nSPS) is 24.2. The number of nitrogens with zero attached hydrogens (tertiary/aromatic N) is 2. The summed E-state index contributed by atoms with van der Waals surface area (Å²) in [4.78, 5) is 7.35. The van der Waals surface area contributed by atoms with Gasteiger partial charge in [-0.2, -0.15) is 0 Å². The predicted octanol–water partition coefficient (Wildman–Crippen LogP) is 4.05. The van der Waals surface area contributed by atoms with Crippen molar-refractivity contribution in [3.8, 4) is 0 Å². The van der Waals surface area contributed by atoms with Gasteiger partial charge < -0.3 is 15.5 Å². The first kappa shape index (κ1) is 17.3. The molecule has 1 saturated heterocycles. The summed E-state index contributed by atoms with van der Waals surface area (Å²) in [6.07, 6.45) is -0.0296. The van der Waals surface area contributed by atoms with E-state index >= 15 is 0 Å². The summed E-state index contributed by atoms with van der Waals surface area (Å²) >= 11 is 6.01. The highest BCUT2D eigenvalue weighted by Crippen LogP contribution is 2.36. The highest BCUT2D eigenvalue weighted by Gasteiger charge is 2.45. The van der Waals surface area contributed by atoms with Crippen LogP contribution in [0.1, 0.15) is 25.5 Å². The van der Waals surface area contributed by atoms with E-state index in [0.717, 1.165) is 30.2 Å². The number of hydrogen-bond acceptors (Lipinski definition) is 4. The highest BCUT2D eigenvalue weighted by atomic mass is 35.5. The number of hydrogen-bond donors (Lipinski definition) is 2. The van der Waals surface area contributed by atoms with E-state index in [1.165, 1.54) is 12.1 Å². The van der Waals surface area contributed by atoms with Gasteiger partial charge in [-0.25, -0.2) is 4.39 Å². The molecule has 2 N–H and O–H groups in total. The number of anilines is 1. The SMILES string of the molecule is CC1(C)NCCN2C1=NC(c1ccc(F)cc1)C2Nc1ccc(Cl)cc1. The molecule has 0 radical (unpaired) electrons. The maximum Gasteiger partial charge on any atom is 0.127 e. The number of amidine groups is 1. The first-order chi connectivity index (χ1) is 12.4. The minimum atomic E-state index is -0.235. The van der Waals surface area contributed by atoms with Gasteiger partial charge in [0.2, 0.25) is 0 Å². The Morgan fingerprint density at radius 2 is 1.85 bits per heavy atom. The van der Waals surface area contributed by atoms with Gasteiger partial charge in [-0.3, -0.25) is 4.99 Å². The van der Waals surface area contributed by atoms with Crippen molar-refractivity contribution in [2.24, 2.45) is 4.99 Å². The fourth-order valence-corrected chi connectivity index (χ4v) is 3.83. The van der Waals surface area contributed by atoms with E-state index in [9.17, 15) is 4.39 Å². The van der Waals surface area contributed by atoms with Gasteiger partial charge in [0.1, 0.15) is 23.9 Å². The van der Waals surface area contributed by atoms with Gasteiger partial charge in [-0.15, -0.1) is 0 Å². The second kappa shape index (κ2) is 6.56. The third kappa shape index (κ3) is 3.17. The number of rotatable bonds is 3. The summed E-state index contributed by atoms with van der Waals surface area (Å²) in [7, 11) is 0. The van der Waals surface area contributed by atoms with Crippen molar-refractivity contribution in [1.29, 1.82) is 0 Å². The second-order valence-electron chi connectivity index (χ2n) is 7.29. The number of nitrogens with one attached hydrogen (secondary N) is 2. The number of fused-ring (bicyclic) bond motifs is 1. The van der Waals surface area contributed by atoms with Gasteiger partial charge in [0.05, 0.1) is 5.54 Å². The van der Waals surface area contributed by atoms with Crippen molar-refractivity contribution < 1.29 is 4.39 Å². The average Bonchev–Trinajstić information content (AvgIpc) is 2.98. The molecule has 1 fully saturated rings. The van der Waals surface area contributed by atoms with Crippen LogP contribution in [-0.4, -0.2) is 35.5 Å². The molecule has 4 rings (SSSR count). The zero-order valence-electron chi connectivity index (χ0n) is 14.8. The minimum absolute atomic E-state index is 0.0296. The molecule has 6 heteroatoms. The number of aliphatic imine (C=N–C) groups is 1. The number of benzene rings is 2. The van der Waals surface area contributed by atoms with E-state index in [-0.39, 0.29) is 23.6 Å². The van der Waals surface area contributed by atoms with Crippen molar-refractivity contribution >= 4 is 23.1 Å². The predicted molar refractivity (Wildman–Crippen MR) is 104 cm³/mol. The first-order valence-electron chi connectivity index (χ1n) is 8.81. The van der Waals surface area contributed by atoms with Gasteiger partial charge in [0.25, 0.3) is 0 Å². The Balaban J connectivity index is 1.70. The van der Waals surface area contributed by atoms with Gasteiger partial charge >= 0.3 is 0 Å². The Kier molecular flexibility index (Phi) is 4.37. The molecule has 2 aromatic carbocycles. The summed E-state index contributed by atoms with van der Waals surface area (Å²) in [6, 6.07) is 14.2. The lowest BCUT2D eigenvalue weighted by atomic mass is 10.00. The summed E-state index contributed by atoms with van der Waals surface area (Å²) in [5.74, 6) is 0.797. The Morgan fingerprint density at radius 3 is 2.54 bits per heavy atom. The molecule has 0 spiro atoms. The second-order valence-corrected chi connectivity index (χ2v) is 7.73. The van der Waals surface area contributed by atoms with E-state index in [1.54, 1.807) is 0 Å². The Labute approximate surface area is 158 Å². The van der Waals surface area contributed by atoms with E-state index in [0.29, 0.717) is 5.02 Å². The quantitative estimate of drug-likeness (QED) is 0.853. The molecule has 26 heavy (non-hydrogen) atoms. The monoisotopic (exact) mass is 372 g/mol. The lowest BCUT2D eigenvalue weighted by molar-refractivity contribution is 0.273. The van der Waals surface area contributed by atoms with Crippen molar-refractivity contribution in [3.63, 3.8) is 0 Å². The van der Waals surface area contributed by atoms with Crippen LogP contribution in [-0.2, 0) is 0 Å². The van der Waals surface area contributed by atoms with Crippen LogP contribution >= 0.6 is 11.6 Å². The number of piperazine rings is 1. The largest absolute Gasteiger partial charge is 0.363 e. The zero-order valence-corrected chi connectivity index (χ0v) is 15.6. The molecule has 2 aromatic rings. The standard InChI is InChI=1S/C20H22ClFN4/c1-20(2)19-25-17(13-3-7-15(22)8-4-13)18(26(19)12-11-23-20)24-16-9-5-14(21)6-10-16/h3-10,17-18,23-24H,11-12H2,1-2H3. The van der Waals surface area contributed by atoms with Crippen LogP contribution in [0.4, 0.5) is 10.1 Å². The molecule has 2 heterocycles. The van der Waals surface area contributed by atoms with E-state index in [1.807, 2.05) is 36.4 Å². The summed E-state index contributed by atoms with van der Waals surface area (Å²) in [5, 5.41) is 7.83. The molecule has 0 amide bonds. The van der Waals surface area contributed by atoms with Crippen LogP contribution in [0, 0.1) is 5.82 Å². The maximum atomic E-state index is 13.4. The fourth-order valence-electron chi connectivity index (χ4n) is 3.70. The van der Waals surface area contributed by atoms with E-state index in [2.05, 4.69) is 29.4 Å². The van der Waals surface area contributed by atoms with Crippen LogP contribution in [0.25, 0.3) is 0 Å². The van der Waals surface area contributed by atoms with Crippen LogP contribution in [0.5, 0.6) is 0 Å². The zero-order chi connectivity index (χ0) is 18.3. The lowest BCUT2D eigenvalue weighted by Crippen LogP contribution is -2.62. The van der Waals surface area contributed by atoms with Gasteiger partial charge in [0.15, 0.2) is 0 Å². The molecule has 0 bridgehead atoms. The molecule has 0 aromatic heterocycles. The van der Waals surface area contributed by atoms with Crippen molar-refractivity contribution in [2.45, 2.75) is 31.6 Å². The molecule has 2 aliphatic heterocycles. The Morgan fingerprint density at radius 1 is 1.15 bits per heavy atom. The Bertz CT molecular complexity index is 817. The van der Waals surface area contributed by atoms with Gasteiger partial charge in [-0.05, 0) is 55.8 Å². The summed E-state index contributed by atoms with van der Waals surface area (Å²) in [6.45, 7) is 6.04. The molecule has 4 nitrogen and oxygen atoms in total. The van der Waals surface area contributed by atoms with Gasteiger partial charge in [0, 0.05) is 23.8 Å². The lowest BCUT2D eigenvalue weighted by Gasteiger charge is -2.42. The maximum absolute atomic E-state index is 13.4. The highest BCUT2D eigenvalue weighted by molar-refractivity contribution is 6.30. The molecule has 0 saturated carbocycles. The molecule has 0 aliphatic carbocycles. The molecule has 2 atom stereocenters. The van der Waals surface area contributed by atoms with Crippen LogP contribution < -0.4 is 10.6 Å². The molecule has 136 valence electrons. The average molecular weight is 373 g/mol. The Hall–Kier alpha value is -2.11. The first-order valence-corrected chi connectivity index (χ1v) is 9.19. The molecule has 2 aliphatic rings. The fraction of sp³-hybridized carbons (Fsp3) is 0.350. The van der Waals surface area contributed by atoms with Crippen LogP contribution in [0.15, 0.2) is 53.5 Å². The van der Waals surface area contributed by atoms with Crippen molar-refractivity contribution in [3.05, 3.63) is 64.9 Å². The molecule has 2 unspecified atom stereocenters. The number of halogens is 2. The van der Waals surface area contributed by atoms with E-state index in [4.69, 9.17) is 16.6 Å². The van der Waals surface area contributed by atoms with Crippen LogP contribution in [0.3, 0.4) is 0 Å². The van der Waals surface area contributed by atoms with Gasteiger partial charge in [-0.1, -0.05) is 23.7 Å². The third-order valence-corrected chi connectivity index (χ3v) is 5.27. The summed E-state index contributed by atoms with van der Waals surface area (Å²) < 4.78 is 13.4. The van der Waals surface area contributed by atoms with Crippen LogP contribution in [0.2, 0.25) is 5.02 Å². The van der Waals surface area contributed by atoms with E-state index < -0.39 is 0 Å². The third-order valence-electron chi connectivity index (χ3n) is 5.02.